The van der Waals surface area contributed by atoms with E-state index in [-0.39, 0.29) is 29.7 Å². The summed E-state index contributed by atoms with van der Waals surface area (Å²) in [6.07, 6.45) is 7.20. The Hall–Kier alpha value is 0.708. The normalized spacial score (nSPS) is 24.6. The summed E-state index contributed by atoms with van der Waals surface area (Å²) in [5, 5.41) is 0. The molecule has 1 aliphatic heterocycles. The lowest BCUT2D eigenvalue weighted by atomic mass is 9.88. The molecule has 0 aromatic rings. The van der Waals surface area contributed by atoms with Crippen molar-refractivity contribution in [3.8, 4) is 0 Å². The number of hydrogen-bond donors (Lipinski definition) is 0. The van der Waals surface area contributed by atoms with Crippen molar-refractivity contribution in [3.05, 3.63) is 0 Å². The van der Waals surface area contributed by atoms with E-state index >= 15 is 0 Å². The molecule has 1 saturated heterocycles. The standard InChI is InChI=1S/C16H38O4Si4.4CH4/c1-21(2)13-17-24(6,7)20-22(19-23(3,4)5)11-10-14-8-9-15-16(12-14)18-15;;;;/h14-16,21-22H,8-13H2,1-7H3;4*1H4. The lowest BCUT2D eigenvalue weighted by Gasteiger charge is -2.33. The smallest absolute Gasteiger partial charge is 0.322 e. The Morgan fingerprint density at radius 3 is 2.00 bits per heavy atom. The first kappa shape index (κ1) is 33.3. The summed E-state index contributed by atoms with van der Waals surface area (Å²) in [6, 6.07) is 1.13. The van der Waals surface area contributed by atoms with Gasteiger partial charge in [0.25, 0.3) is 0 Å². The van der Waals surface area contributed by atoms with Crippen molar-refractivity contribution in [1.82, 2.24) is 0 Å². The van der Waals surface area contributed by atoms with E-state index in [1.54, 1.807) is 0 Å². The zero-order valence-corrected chi connectivity index (χ0v) is 21.1. The molecule has 0 bridgehead atoms. The quantitative estimate of drug-likeness (QED) is 0.276. The van der Waals surface area contributed by atoms with Crippen LogP contribution in [0.2, 0.25) is 51.9 Å². The predicted octanol–water partition coefficient (Wildman–Crippen LogP) is 6.32. The molecule has 4 nitrogen and oxygen atoms in total. The minimum Gasteiger partial charge on any atom is -0.439 e. The zero-order valence-electron chi connectivity index (χ0n) is 16.8. The summed E-state index contributed by atoms with van der Waals surface area (Å²) in [6.45, 7) is 15.9. The second-order valence-corrected chi connectivity index (χ2v) is 23.1. The van der Waals surface area contributed by atoms with Gasteiger partial charge in [-0.2, -0.15) is 0 Å². The van der Waals surface area contributed by atoms with Crippen LogP contribution in [-0.4, -0.2) is 53.4 Å². The highest BCUT2D eigenvalue weighted by molar-refractivity contribution is 6.79. The third kappa shape index (κ3) is 13.1. The van der Waals surface area contributed by atoms with Gasteiger partial charge in [-0.3, -0.25) is 0 Å². The average Bonchev–Trinajstić information content (AvgIpc) is 3.19. The van der Waals surface area contributed by atoms with Gasteiger partial charge in [0.05, 0.1) is 21.0 Å². The maximum atomic E-state index is 6.55. The summed E-state index contributed by atoms with van der Waals surface area (Å²) >= 11 is 0. The summed E-state index contributed by atoms with van der Waals surface area (Å²) in [4.78, 5) is 0. The molecule has 0 aromatic carbocycles. The van der Waals surface area contributed by atoms with Gasteiger partial charge < -0.3 is 17.4 Å². The number of hydrogen-bond acceptors (Lipinski definition) is 4. The van der Waals surface area contributed by atoms with Crippen LogP contribution in [0.1, 0.15) is 55.4 Å². The van der Waals surface area contributed by atoms with Crippen molar-refractivity contribution >= 4 is 35.0 Å². The van der Waals surface area contributed by atoms with Crippen LogP contribution in [0.5, 0.6) is 0 Å². The van der Waals surface area contributed by atoms with Crippen LogP contribution in [0.15, 0.2) is 0 Å². The van der Waals surface area contributed by atoms with E-state index in [9.17, 15) is 0 Å². The molecule has 0 spiro atoms. The molecule has 174 valence electrons. The molecule has 8 heteroatoms. The van der Waals surface area contributed by atoms with Gasteiger partial charge in [-0.1, -0.05) is 42.8 Å². The molecule has 0 radical (unpaired) electrons. The van der Waals surface area contributed by atoms with Crippen molar-refractivity contribution in [2.45, 2.75) is 119 Å². The Labute approximate surface area is 183 Å². The Morgan fingerprint density at radius 2 is 1.50 bits per heavy atom. The van der Waals surface area contributed by atoms with E-state index in [0.29, 0.717) is 12.2 Å². The van der Waals surface area contributed by atoms with Crippen LogP contribution in [-0.2, 0) is 17.4 Å². The van der Waals surface area contributed by atoms with E-state index in [1.165, 1.54) is 25.7 Å². The van der Waals surface area contributed by atoms with E-state index in [4.69, 9.17) is 17.4 Å². The number of ether oxygens (including phenoxy) is 1. The highest BCUT2D eigenvalue weighted by atomic mass is 28.5. The van der Waals surface area contributed by atoms with Gasteiger partial charge in [0.1, 0.15) is 0 Å². The lowest BCUT2D eigenvalue weighted by Crippen LogP contribution is -2.47. The fourth-order valence-corrected chi connectivity index (χ4v) is 14.6. The first-order chi connectivity index (χ1) is 11.0. The molecule has 0 N–H and O–H groups in total. The Morgan fingerprint density at radius 1 is 0.893 bits per heavy atom. The SMILES string of the molecule is C.C.C.C.C[SiH](C)CO[Si](C)(C)O[SiH](CCC1CCC2OC2C1)O[Si](C)(C)C. The molecule has 4 unspecified atom stereocenters. The molecule has 2 aliphatic rings. The molecule has 1 saturated carbocycles. The van der Waals surface area contributed by atoms with Crippen LogP contribution in [0, 0.1) is 5.92 Å². The van der Waals surface area contributed by atoms with Gasteiger partial charge >= 0.3 is 17.8 Å². The molecule has 1 aliphatic carbocycles. The average molecular weight is 471 g/mol. The summed E-state index contributed by atoms with van der Waals surface area (Å²) in [5.41, 5.74) is 0. The van der Waals surface area contributed by atoms with Gasteiger partial charge in [-0.05, 0) is 70.4 Å². The molecule has 4 atom stereocenters. The maximum Gasteiger partial charge on any atom is 0.322 e. The van der Waals surface area contributed by atoms with E-state index in [0.717, 1.165) is 18.2 Å². The molecule has 2 rings (SSSR count). The topological polar surface area (TPSA) is 40.2 Å². The molecule has 28 heavy (non-hydrogen) atoms. The number of rotatable bonds is 10. The van der Waals surface area contributed by atoms with E-state index < -0.39 is 35.0 Å². The van der Waals surface area contributed by atoms with Gasteiger partial charge in [0.15, 0.2) is 8.32 Å². The third-order valence-corrected chi connectivity index (χ3v) is 14.6. The van der Waals surface area contributed by atoms with Crippen molar-refractivity contribution in [2.75, 3.05) is 6.23 Å². The molecular weight excluding hydrogens is 417 g/mol. The van der Waals surface area contributed by atoms with E-state index in [1.807, 2.05) is 0 Å². The number of epoxide rings is 1. The lowest BCUT2D eigenvalue weighted by molar-refractivity contribution is 0.269. The molecule has 0 amide bonds. The van der Waals surface area contributed by atoms with Crippen molar-refractivity contribution in [1.29, 1.82) is 0 Å². The molecular formula is C20H54O4Si4. The zero-order chi connectivity index (χ0) is 18.0. The Balaban J connectivity index is -0.00000156. The van der Waals surface area contributed by atoms with Crippen molar-refractivity contribution in [2.24, 2.45) is 5.92 Å². The molecule has 1 heterocycles. The van der Waals surface area contributed by atoms with Crippen LogP contribution in [0.4, 0.5) is 0 Å². The number of fused-ring (bicyclic) bond motifs is 1. The first-order valence-electron chi connectivity index (χ1n) is 9.69. The molecule has 0 aromatic heterocycles. The summed E-state index contributed by atoms with van der Waals surface area (Å²) in [5.74, 6) is 0.811. The van der Waals surface area contributed by atoms with E-state index in [2.05, 4.69) is 45.8 Å². The van der Waals surface area contributed by atoms with Crippen LogP contribution >= 0.6 is 0 Å². The predicted molar refractivity (Wildman–Crippen MR) is 137 cm³/mol. The van der Waals surface area contributed by atoms with Gasteiger partial charge in [-0.25, -0.2) is 0 Å². The van der Waals surface area contributed by atoms with Crippen LogP contribution < -0.4 is 0 Å². The van der Waals surface area contributed by atoms with Crippen molar-refractivity contribution in [3.63, 3.8) is 0 Å². The van der Waals surface area contributed by atoms with Crippen LogP contribution in [0.25, 0.3) is 0 Å². The van der Waals surface area contributed by atoms with Crippen LogP contribution in [0.3, 0.4) is 0 Å². The fraction of sp³-hybridized carbons (Fsp3) is 1.00. The summed E-state index contributed by atoms with van der Waals surface area (Å²) < 4.78 is 24.9. The second-order valence-electron chi connectivity index (χ2n) is 9.35. The minimum atomic E-state index is -2.05. The highest BCUT2D eigenvalue weighted by Crippen LogP contribution is 2.41. The fourth-order valence-electron chi connectivity index (χ4n) is 3.37. The monoisotopic (exact) mass is 470 g/mol. The summed E-state index contributed by atoms with van der Waals surface area (Å²) in [7, 11) is -5.97. The maximum absolute atomic E-state index is 6.55. The van der Waals surface area contributed by atoms with Gasteiger partial charge in [0.2, 0.25) is 0 Å². The Kier molecular flexibility index (Phi) is 16.6. The largest absolute Gasteiger partial charge is 0.439 e. The molecule has 2 fully saturated rings. The van der Waals surface area contributed by atoms with Gasteiger partial charge in [0, 0.05) is 6.23 Å². The second kappa shape index (κ2) is 13.9. The highest BCUT2D eigenvalue weighted by Gasteiger charge is 2.44. The van der Waals surface area contributed by atoms with Crippen molar-refractivity contribution < 1.29 is 17.4 Å². The third-order valence-electron chi connectivity index (χ3n) is 4.59. The Bertz CT molecular complexity index is 402. The van der Waals surface area contributed by atoms with Gasteiger partial charge in [-0.15, -0.1) is 0 Å². The first-order valence-corrected chi connectivity index (χ1v) is 20.8. The minimum absolute atomic E-state index is 0.